The number of piperidine rings is 1. The lowest BCUT2D eigenvalue weighted by molar-refractivity contribution is -0.114. The third kappa shape index (κ3) is 7.35. The molecule has 10 nitrogen and oxygen atoms in total. The number of fused-ring (bicyclic) bond motifs is 1. The van der Waals surface area contributed by atoms with Crippen LogP contribution in [0.3, 0.4) is 0 Å². The van der Waals surface area contributed by atoms with Crippen LogP contribution < -0.4 is 20.3 Å². The topological polar surface area (TPSA) is 111 Å². The number of hydrogen-bond donors (Lipinski definition) is 3. The summed E-state index contributed by atoms with van der Waals surface area (Å²) in [6, 6.07) is 23.9. The van der Waals surface area contributed by atoms with E-state index in [1.54, 1.807) is 13.2 Å². The van der Waals surface area contributed by atoms with Crippen molar-refractivity contribution in [3.05, 3.63) is 90.5 Å². The van der Waals surface area contributed by atoms with Crippen molar-refractivity contribution in [2.45, 2.75) is 25.7 Å². The van der Waals surface area contributed by atoms with Gasteiger partial charge in [0.15, 0.2) is 11.4 Å². The molecule has 0 atom stereocenters. The summed E-state index contributed by atoms with van der Waals surface area (Å²) >= 11 is 0. The lowest BCUT2D eigenvalue weighted by atomic mass is 10.0. The van der Waals surface area contributed by atoms with Gasteiger partial charge < -0.3 is 25.2 Å². The molecule has 0 bridgehead atoms. The van der Waals surface area contributed by atoms with Gasteiger partial charge in [0.25, 0.3) is 0 Å². The zero-order chi connectivity index (χ0) is 31.9. The van der Waals surface area contributed by atoms with Crippen molar-refractivity contribution < 1.29 is 9.53 Å². The molecular weight excluding hydrogens is 576 g/mol. The van der Waals surface area contributed by atoms with Crippen molar-refractivity contribution in [3.8, 4) is 17.0 Å². The molecule has 0 saturated carbocycles. The van der Waals surface area contributed by atoms with Gasteiger partial charge in [-0.1, -0.05) is 42.5 Å². The highest BCUT2D eigenvalue weighted by molar-refractivity contribution is 6.01. The van der Waals surface area contributed by atoms with E-state index < -0.39 is 0 Å². The van der Waals surface area contributed by atoms with Crippen LogP contribution in [0.1, 0.15) is 24.8 Å². The van der Waals surface area contributed by atoms with Crippen LogP contribution >= 0.6 is 0 Å². The number of hydrogen-bond acceptors (Lipinski definition) is 9. The standard InChI is InChI=1S/C36H40N8O2/c1-43(2)19-11-16-29(45)23-25-12-10-13-26(22-25)33-32-34(37-27-14-6-4-7-15-27)41-42-35(32)40-36(39-33)38-28-17-18-31(46-3)30(24-28)44-20-8-5-9-21-44/h4,6-7,10-18,22,24H,5,8-9,19-21,23H2,1-3H3,(H3,37,38,39,40,41,42)/b16-11+. The van der Waals surface area contributed by atoms with Crippen molar-refractivity contribution >= 4 is 45.6 Å². The minimum Gasteiger partial charge on any atom is -0.495 e. The first-order valence-electron chi connectivity index (χ1n) is 15.7. The molecule has 0 aliphatic carbocycles. The molecule has 3 heterocycles. The molecule has 236 valence electrons. The van der Waals surface area contributed by atoms with E-state index in [9.17, 15) is 4.79 Å². The van der Waals surface area contributed by atoms with E-state index in [-0.39, 0.29) is 5.78 Å². The van der Waals surface area contributed by atoms with Crippen LogP contribution in [0.15, 0.2) is 84.9 Å². The summed E-state index contributed by atoms with van der Waals surface area (Å²) in [5.74, 6) is 2.00. The molecule has 3 N–H and O–H groups in total. The van der Waals surface area contributed by atoms with Gasteiger partial charge in [-0.05, 0) is 81.4 Å². The molecule has 3 aromatic carbocycles. The molecule has 0 spiro atoms. The first-order chi connectivity index (χ1) is 22.5. The minimum absolute atomic E-state index is 0.0490. The van der Waals surface area contributed by atoms with Crippen molar-refractivity contribution in [1.82, 2.24) is 25.1 Å². The fourth-order valence-corrected chi connectivity index (χ4v) is 5.71. The Kier molecular flexibility index (Phi) is 9.54. The number of ketones is 1. The lowest BCUT2D eigenvalue weighted by Crippen LogP contribution is -2.29. The molecule has 0 unspecified atom stereocenters. The zero-order valence-corrected chi connectivity index (χ0v) is 26.6. The molecule has 1 aliphatic rings. The summed E-state index contributed by atoms with van der Waals surface area (Å²) < 4.78 is 5.71. The van der Waals surface area contributed by atoms with Crippen LogP contribution in [0.4, 0.5) is 28.8 Å². The molecule has 1 saturated heterocycles. The van der Waals surface area contributed by atoms with E-state index in [2.05, 4.69) is 31.8 Å². The highest BCUT2D eigenvalue weighted by atomic mass is 16.5. The second-order valence-electron chi connectivity index (χ2n) is 11.8. The van der Waals surface area contributed by atoms with Gasteiger partial charge in [-0.2, -0.15) is 10.1 Å². The predicted octanol–water partition coefficient (Wildman–Crippen LogP) is 6.74. The zero-order valence-electron chi connectivity index (χ0n) is 26.6. The van der Waals surface area contributed by atoms with E-state index >= 15 is 0 Å². The molecule has 2 aromatic heterocycles. The van der Waals surface area contributed by atoms with Crippen LogP contribution in [0.2, 0.25) is 0 Å². The summed E-state index contributed by atoms with van der Waals surface area (Å²) in [6.45, 7) is 2.72. The number of para-hydroxylation sites is 1. The number of carbonyl (C=O) groups excluding carboxylic acids is 1. The smallest absolute Gasteiger partial charge is 0.229 e. The molecule has 5 aromatic rings. The average molecular weight is 617 g/mol. The lowest BCUT2D eigenvalue weighted by Gasteiger charge is -2.30. The number of methoxy groups -OCH3 is 1. The van der Waals surface area contributed by atoms with Crippen molar-refractivity contribution in [2.75, 3.05) is 56.4 Å². The largest absolute Gasteiger partial charge is 0.495 e. The third-order valence-electron chi connectivity index (χ3n) is 7.94. The fraction of sp³-hybridized carbons (Fsp3) is 0.278. The Labute approximate surface area is 269 Å². The average Bonchev–Trinajstić information content (AvgIpc) is 3.47. The Balaban J connectivity index is 1.37. The van der Waals surface area contributed by atoms with Crippen LogP contribution in [-0.2, 0) is 11.2 Å². The van der Waals surface area contributed by atoms with Gasteiger partial charge in [-0.3, -0.25) is 9.89 Å². The predicted molar refractivity (Wildman–Crippen MR) is 186 cm³/mol. The Morgan fingerprint density at radius 3 is 2.57 bits per heavy atom. The summed E-state index contributed by atoms with van der Waals surface area (Å²) in [5.41, 5.74) is 5.80. The first-order valence-corrected chi connectivity index (χ1v) is 15.7. The minimum atomic E-state index is 0.0490. The van der Waals surface area contributed by atoms with Gasteiger partial charge in [-0.25, -0.2) is 4.98 Å². The molecule has 6 rings (SSSR count). The Bertz CT molecular complexity index is 1830. The maximum atomic E-state index is 12.7. The van der Waals surface area contributed by atoms with Crippen molar-refractivity contribution in [3.63, 3.8) is 0 Å². The summed E-state index contributed by atoms with van der Waals surface area (Å²) in [5, 5.41) is 15.3. The number of rotatable bonds is 12. The summed E-state index contributed by atoms with van der Waals surface area (Å²) in [6.07, 6.45) is 7.42. The fourth-order valence-electron chi connectivity index (χ4n) is 5.71. The van der Waals surface area contributed by atoms with Crippen LogP contribution in [0, 0.1) is 0 Å². The van der Waals surface area contributed by atoms with Crippen molar-refractivity contribution in [1.29, 1.82) is 0 Å². The summed E-state index contributed by atoms with van der Waals surface area (Å²) in [4.78, 5) is 27.0. The second-order valence-corrected chi connectivity index (χ2v) is 11.8. The second kappa shape index (κ2) is 14.3. The number of nitrogens with one attached hydrogen (secondary N) is 3. The molecule has 1 fully saturated rings. The van der Waals surface area contributed by atoms with Crippen LogP contribution in [0.25, 0.3) is 22.3 Å². The Morgan fingerprint density at radius 1 is 0.957 bits per heavy atom. The molecule has 0 amide bonds. The van der Waals surface area contributed by atoms with E-state index in [1.807, 2.05) is 91.8 Å². The van der Waals surface area contributed by atoms with E-state index in [1.165, 1.54) is 19.3 Å². The number of nitrogens with zero attached hydrogens (tertiary/aromatic N) is 5. The third-order valence-corrected chi connectivity index (χ3v) is 7.94. The summed E-state index contributed by atoms with van der Waals surface area (Å²) in [7, 11) is 5.66. The van der Waals surface area contributed by atoms with Gasteiger partial charge in [0.05, 0.1) is 23.9 Å². The van der Waals surface area contributed by atoms with Gasteiger partial charge in [-0.15, -0.1) is 0 Å². The number of aromatic nitrogens is 4. The molecule has 0 radical (unpaired) electrons. The normalized spacial score (nSPS) is 13.4. The van der Waals surface area contributed by atoms with Crippen LogP contribution in [-0.4, -0.2) is 71.7 Å². The van der Waals surface area contributed by atoms with E-state index in [0.29, 0.717) is 36.1 Å². The highest BCUT2D eigenvalue weighted by Gasteiger charge is 2.20. The number of anilines is 5. The molecule has 10 heteroatoms. The quantitative estimate of drug-likeness (QED) is 0.131. The van der Waals surface area contributed by atoms with Crippen LogP contribution in [0.5, 0.6) is 5.75 Å². The Hall–Kier alpha value is -5.22. The number of carbonyl (C=O) groups is 1. The van der Waals surface area contributed by atoms with Gasteiger partial charge >= 0.3 is 0 Å². The molecule has 1 aliphatic heterocycles. The number of allylic oxidation sites excluding steroid dienone is 1. The number of benzene rings is 3. The number of ether oxygens (including phenoxy) is 1. The van der Waals surface area contributed by atoms with Gasteiger partial charge in [0, 0.05) is 43.0 Å². The SMILES string of the molecule is COc1ccc(Nc2nc(-c3cccc(CC(=O)/C=C/CN(C)C)c3)c3c(Nc4ccccc4)[nH]nc3n2)cc1N1CCCCC1. The monoisotopic (exact) mass is 616 g/mol. The number of likely N-dealkylation sites (N-methyl/N-ethyl adjacent to an activating group) is 1. The maximum Gasteiger partial charge on any atom is 0.229 e. The van der Waals surface area contributed by atoms with E-state index in [0.717, 1.165) is 52.4 Å². The Morgan fingerprint density at radius 2 is 1.78 bits per heavy atom. The van der Waals surface area contributed by atoms with E-state index in [4.69, 9.17) is 14.7 Å². The number of H-pyrrole nitrogens is 1. The molecular formula is C36H40N8O2. The first kappa shape index (κ1) is 30.8. The van der Waals surface area contributed by atoms with Crippen molar-refractivity contribution in [2.24, 2.45) is 0 Å². The molecule has 46 heavy (non-hydrogen) atoms. The van der Waals surface area contributed by atoms with Gasteiger partial charge in [0.1, 0.15) is 11.6 Å². The highest BCUT2D eigenvalue weighted by Crippen LogP contribution is 2.36. The maximum absolute atomic E-state index is 12.7. The van der Waals surface area contributed by atoms with Gasteiger partial charge in [0.2, 0.25) is 5.95 Å². The number of aromatic amines is 1.